The van der Waals surface area contributed by atoms with Gasteiger partial charge in [-0.1, -0.05) is 35.0 Å². The van der Waals surface area contributed by atoms with E-state index in [1.165, 1.54) is 5.56 Å². The first-order chi connectivity index (χ1) is 14.1. The number of nitrogens with one attached hydrogen (secondary N) is 1. The minimum Gasteiger partial charge on any atom is -0.379 e. The van der Waals surface area contributed by atoms with Crippen LogP contribution in [0.15, 0.2) is 45.6 Å². The van der Waals surface area contributed by atoms with Crippen LogP contribution in [0.5, 0.6) is 0 Å². The molecular formula is C21H22ClN3O3S. The Morgan fingerprint density at radius 1 is 1.31 bits per heavy atom. The van der Waals surface area contributed by atoms with Gasteiger partial charge in [-0.3, -0.25) is 9.69 Å². The van der Waals surface area contributed by atoms with E-state index in [2.05, 4.69) is 32.2 Å². The summed E-state index contributed by atoms with van der Waals surface area (Å²) in [6.07, 6.45) is 0. The lowest BCUT2D eigenvalue weighted by atomic mass is 10.0. The predicted octanol–water partition coefficient (Wildman–Crippen LogP) is 4.17. The summed E-state index contributed by atoms with van der Waals surface area (Å²) < 4.78 is 10.8. The number of morpholine rings is 1. The quantitative estimate of drug-likeness (QED) is 0.634. The van der Waals surface area contributed by atoms with Crippen molar-refractivity contribution in [3.63, 3.8) is 0 Å². The molecule has 1 N–H and O–H groups in total. The highest BCUT2D eigenvalue weighted by Gasteiger charge is 2.26. The average molecular weight is 432 g/mol. The second-order valence-corrected chi connectivity index (χ2v) is 8.06. The average Bonchev–Trinajstić information content (AvgIpc) is 3.39. The van der Waals surface area contributed by atoms with Crippen molar-refractivity contribution in [1.82, 2.24) is 15.4 Å². The monoisotopic (exact) mass is 431 g/mol. The van der Waals surface area contributed by atoms with Gasteiger partial charge in [0.25, 0.3) is 5.91 Å². The van der Waals surface area contributed by atoms with Crippen LogP contribution in [0, 0.1) is 6.92 Å². The summed E-state index contributed by atoms with van der Waals surface area (Å²) >= 11 is 7.97. The Labute approximate surface area is 178 Å². The summed E-state index contributed by atoms with van der Waals surface area (Å²) in [6, 6.07) is 9.51. The van der Waals surface area contributed by atoms with E-state index in [0.29, 0.717) is 47.4 Å². The molecule has 1 fully saturated rings. The Morgan fingerprint density at radius 2 is 2.10 bits per heavy atom. The van der Waals surface area contributed by atoms with Gasteiger partial charge >= 0.3 is 0 Å². The van der Waals surface area contributed by atoms with Crippen LogP contribution < -0.4 is 5.32 Å². The predicted molar refractivity (Wildman–Crippen MR) is 113 cm³/mol. The maximum absolute atomic E-state index is 13.1. The lowest BCUT2D eigenvalue weighted by Crippen LogP contribution is -2.43. The van der Waals surface area contributed by atoms with Crippen molar-refractivity contribution in [3.05, 3.63) is 63.0 Å². The Bertz CT molecular complexity index is 967. The maximum Gasteiger partial charge on any atom is 0.257 e. The fourth-order valence-electron chi connectivity index (χ4n) is 3.57. The van der Waals surface area contributed by atoms with Crippen molar-refractivity contribution in [2.45, 2.75) is 13.0 Å². The van der Waals surface area contributed by atoms with E-state index in [9.17, 15) is 4.79 Å². The van der Waals surface area contributed by atoms with Gasteiger partial charge < -0.3 is 14.6 Å². The number of hydrogen-bond donors (Lipinski definition) is 1. The molecule has 2 aromatic heterocycles. The van der Waals surface area contributed by atoms with Crippen molar-refractivity contribution in [2.24, 2.45) is 0 Å². The molecule has 0 bridgehead atoms. The van der Waals surface area contributed by atoms with Crippen molar-refractivity contribution in [3.8, 4) is 11.3 Å². The Balaban J connectivity index is 1.55. The van der Waals surface area contributed by atoms with Crippen LogP contribution in [0.25, 0.3) is 11.3 Å². The van der Waals surface area contributed by atoms with Gasteiger partial charge in [-0.25, -0.2) is 0 Å². The summed E-state index contributed by atoms with van der Waals surface area (Å²) in [7, 11) is 0. The SMILES string of the molecule is Cc1onc(-c2ccccc2Cl)c1C(=O)NC[C@H](c1ccsc1)N1CCOCC1. The number of aromatic nitrogens is 1. The molecule has 6 nitrogen and oxygen atoms in total. The Morgan fingerprint density at radius 3 is 2.83 bits per heavy atom. The van der Waals surface area contributed by atoms with Crippen LogP contribution in [0.3, 0.4) is 0 Å². The summed E-state index contributed by atoms with van der Waals surface area (Å²) in [5, 5.41) is 11.9. The standard InChI is InChI=1S/C21H22ClN3O3S/c1-14-19(20(24-28-14)16-4-2-3-5-17(16)22)21(26)23-12-18(15-6-11-29-13-15)25-7-9-27-10-8-25/h2-6,11,13,18H,7-10,12H2,1H3,(H,23,26)/t18-/m1/s1. The highest BCUT2D eigenvalue weighted by atomic mass is 35.5. The number of ether oxygens (including phenoxy) is 1. The first-order valence-electron chi connectivity index (χ1n) is 9.48. The lowest BCUT2D eigenvalue weighted by Gasteiger charge is -2.34. The molecule has 1 atom stereocenters. The van der Waals surface area contributed by atoms with E-state index in [-0.39, 0.29) is 11.9 Å². The van der Waals surface area contributed by atoms with Gasteiger partial charge in [0, 0.05) is 25.2 Å². The molecule has 0 spiro atoms. The van der Waals surface area contributed by atoms with E-state index >= 15 is 0 Å². The molecular weight excluding hydrogens is 410 g/mol. The van der Waals surface area contributed by atoms with Crippen LogP contribution in [-0.2, 0) is 4.74 Å². The van der Waals surface area contributed by atoms with Crippen molar-refractivity contribution >= 4 is 28.8 Å². The molecule has 152 valence electrons. The van der Waals surface area contributed by atoms with E-state index in [0.717, 1.165) is 13.1 Å². The first kappa shape index (κ1) is 20.1. The normalized spacial score (nSPS) is 15.9. The fraction of sp³-hybridized carbons (Fsp3) is 0.333. The van der Waals surface area contributed by atoms with Crippen LogP contribution in [0.1, 0.15) is 27.7 Å². The molecule has 29 heavy (non-hydrogen) atoms. The zero-order valence-corrected chi connectivity index (χ0v) is 17.6. The molecule has 4 rings (SSSR count). The zero-order chi connectivity index (χ0) is 20.2. The molecule has 0 unspecified atom stereocenters. The van der Waals surface area contributed by atoms with Crippen molar-refractivity contribution in [2.75, 3.05) is 32.8 Å². The second-order valence-electron chi connectivity index (χ2n) is 6.87. The number of benzene rings is 1. The molecule has 1 aromatic carbocycles. The van der Waals surface area contributed by atoms with Gasteiger partial charge in [0.05, 0.1) is 24.3 Å². The van der Waals surface area contributed by atoms with Crippen LogP contribution in [0.2, 0.25) is 5.02 Å². The van der Waals surface area contributed by atoms with E-state index < -0.39 is 0 Å². The topological polar surface area (TPSA) is 67.6 Å². The minimum atomic E-state index is -0.216. The number of hydrogen-bond acceptors (Lipinski definition) is 6. The number of nitrogens with zero attached hydrogens (tertiary/aromatic N) is 2. The van der Waals surface area contributed by atoms with Gasteiger partial charge in [-0.15, -0.1) is 0 Å². The molecule has 3 heterocycles. The Hall–Kier alpha value is -2.19. The fourth-order valence-corrected chi connectivity index (χ4v) is 4.50. The number of carbonyl (C=O) groups is 1. The highest BCUT2D eigenvalue weighted by Crippen LogP contribution is 2.31. The molecule has 3 aromatic rings. The Kier molecular flexibility index (Phi) is 6.30. The van der Waals surface area contributed by atoms with E-state index in [1.807, 2.05) is 18.2 Å². The number of carbonyl (C=O) groups excluding carboxylic acids is 1. The summed E-state index contributed by atoms with van der Waals surface area (Å²) in [5.74, 6) is 0.253. The van der Waals surface area contributed by atoms with Gasteiger partial charge in [-0.05, 0) is 35.4 Å². The lowest BCUT2D eigenvalue weighted by molar-refractivity contribution is 0.0163. The van der Waals surface area contributed by atoms with Crippen LogP contribution >= 0.6 is 22.9 Å². The summed E-state index contributed by atoms with van der Waals surface area (Å²) in [4.78, 5) is 15.4. The summed E-state index contributed by atoms with van der Waals surface area (Å²) in [5.41, 5.74) is 2.76. The largest absolute Gasteiger partial charge is 0.379 e. The molecule has 0 aliphatic carbocycles. The minimum absolute atomic E-state index is 0.0954. The van der Waals surface area contributed by atoms with Gasteiger partial charge in [0.1, 0.15) is 17.0 Å². The number of rotatable bonds is 6. The first-order valence-corrected chi connectivity index (χ1v) is 10.8. The zero-order valence-electron chi connectivity index (χ0n) is 16.1. The third kappa shape index (κ3) is 4.38. The number of thiophene rings is 1. The van der Waals surface area contributed by atoms with Gasteiger partial charge in [-0.2, -0.15) is 11.3 Å². The molecule has 1 aliphatic rings. The highest BCUT2D eigenvalue weighted by molar-refractivity contribution is 7.08. The smallest absolute Gasteiger partial charge is 0.257 e. The van der Waals surface area contributed by atoms with Gasteiger partial charge in [0.15, 0.2) is 0 Å². The third-order valence-electron chi connectivity index (χ3n) is 5.09. The molecule has 8 heteroatoms. The number of amides is 1. The van der Waals surface area contributed by atoms with Crippen LogP contribution in [-0.4, -0.2) is 48.8 Å². The molecule has 1 aliphatic heterocycles. The molecule has 1 amide bonds. The third-order valence-corrected chi connectivity index (χ3v) is 6.12. The second kappa shape index (κ2) is 9.09. The van der Waals surface area contributed by atoms with Crippen molar-refractivity contribution in [1.29, 1.82) is 0 Å². The molecule has 0 radical (unpaired) electrons. The number of halogens is 1. The molecule has 0 saturated carbocycles. The van der Waals surface area contributed by atoms with Gasteiger partial charge in [0.2, 0.25) is 0 Å². The van der Waals surface area contributed by atoms with Crippen LogP contribution in [0.4, 0.5) is 0 Å². The number of aryl methyl sites for hydroxylation is 1. The summed E-state index contributed by atoms with van der Waals surface area (Å²) in [6.45, 7) is 5.32. The molecule has 1 saturated heterocycles. The maximum atomic E-state index is 13.1. The van der Waals surface area contributed by atoms with E-state index in [4.69, 9.17) is 20.9 Å². The van der Waals surface area contributed by atoms with Crippen molar-refractivity contribution < 1.29 is 14.1 Å². The van der Waals surface area contributed by atoms with E-state index in [1.54, 1.807) is 24.3 Å².